The van der Waals surface area contributed by atoms with E-state index >= 15 is 0 Å². The largest absolute Gasteiger partial charge is 2.00 e. The molecule has 0 aliphatic carbocycles. The van der Waals surface area contributed by atoms with Crippen LogP contribution in [0.5, 0.6) is 10.4 Å². The Kier molecular flexibility index (Phi) is 11.6. The fraction of sp³-hybridized carbons (Fsp3) is 0.182. The van der Waals surface area contributed by atoms with Crippen LogP contribution in [0.4, 0.5) is 0 Å². The number of carbonyl (C=O) groups excluding carboxylic acids is 2. The summed E-state index contributed by atoms with van der Waals surface area (Å²) in [5, 5.41) is 21.8. The minimum absolute atomic E-state index is 0. The first-order valence-electron chi connectivity index (χ1n) is 9.82. The van der Waals surface area contributed by atoms with Gasteiger partial charge in [0.05, 0.1) is 20.4 Å². The number of aromatic nitrogens is 2. The number of thiocarbonyl (C=S) groups is 2. The molecule has 8 nitrogen and oxygen atoms in total. The molecule has 13 heteroatoms. The van der Waals surface area contributed by atoms with Crippen LogP contribution in [0.25, 0.3) is 20.4 Å². The van der Waals surface area contributed by atoms with Crippen LogP contribution in [0.1, 0.15) is 25.7 Å². The Morgan fingerprint density at radius 2 is 1.09 bits per heavy atom. The molecule has 0 saturated heterocycles. The SMILES string of the molecule is O=C([O-])CCC(=S)Oc1nc2ccccc2s1.O=C([O-])CCC(=S)Oc1nc2ccccc2s1.[Co+2]. The van der Waals surface area contributed by atoms with Crippen molar-refractivity contribution < 1.29 is 46.1 Å². The van der Waals surface area contributed by atoms with Gasteiger partial charge >= 0.3 is 16.8 Å². The smallest absolute Gasteiger partial charge is 0.550 e. The summed E-state index contributed by atoms with van der Waals surface area (Å²) in [7, 11) is 0. The van der Waals surface area contributed by atoms with E-state index in [4.69, 9.17) is 33.9 Å². The van der Waals surface area contributed by atoms with Crippen molar-refractivity contribution in [3.05, 3.63) is 48.5 Å². The quantitative estimate of drug-likeness (QED) is 0.283. The molecule has 0 aliphatic heterocycles. The van der Waals surface area contributed by atoms with Gasteiger partial charge in [-0.3, -0.25) is 0 Å². The molecule has 2 aromatic heterocycles. The van der Waals surface area contributed by atoms with Gasteiger partial charge in [0.1, 0.15) is 0 Å². The predicted molar refractivity (Wildman–Crippen MR) is 134 cm³/mol. The third-order valence-corrected chi connectivity index (χ3v) is 6.42. The van der Waals surface area contributed by atoms with E-state index in [1.807, 2.05) is 48.5 Å². The number of carboxylic acids is 2. The summed E-state index contributed by atoms with van der Waals surface area (Å²) in [6.07, 6.45) is 0.0502. The molecule has 0 saturated carbocycles. The monoisotopic (exact) mass is 591 g/mol. The zero-order valence-corrected chi connectivity index (χ0v) is 22.1. The van der Waals surface area contributed by atoms with Crippen LogP contribution in [-0.2, 0) is 26.4 Å². The Hall–Kier alpha value is -2.55. The van der Waals surface area contributed by atoms with Gasteiger partial charge in [-0.15, -0.1) is 0 Å². The van der Waals surface area contributed by atoms with Crippen LogP contribution >= 0.6 is 47.1 Å². The number of carbonyl (C=O) groups is 2. The van der Waals surface area contributed by atoms with Gasteiger partial charge in [0.15, 0.2) is 10.1 Å². The zero-order chi connectivity index (χ0) is 24.5. The molecule has 0 fully saturated rings. The van der Waals surface area contributed by atoms with Gasteiger partial charge in [-0.1, -0.05) is 46.9 Å². The van der Waals surface area contributed by atoms with Crippen LogP contribution in [0, 0.1) is 0 Å². The van der Waals surface area contributed by atoms with E-state index < -0.39 is 11.9 Å². The average molecular weight is 592 g/mol. The fourth-order valence-electron chi connectivity index (χ4n) is 2.49. The normalized spacial score (nSPS) is 10.1. The van der Waals surface area contributed by atoms with E-state index in [9.17, 15) is 19.8 Å². The van der Waals surface area contributed by atoms with E-state index in [-0.39, 0.29) is 52.6 Å². The van der Waals surface area contributed by atoms with Crippen molar-refractivity contribution in [1.82, 2.24) is 9.97 Å². The number of para-hydroxylation sites is 2. The zero-order valence-electron chi connectivity index (χ0n) is 17.8. The predicted octanol–water partition coefficient (Wildman–Crippen LogP) is 3.06. The number of hydrogen-bond donors (Lipinski definition) is 0. The number of benzene rings is 2. The molecule has 4 aromatic rings. The Morgan fingerprint density at radius 1 is 0.714 bits per heavy atom. The van der Waals surface area contributed by atoms with Gasteiger partial charge in [-0.2, -0.15) is 0 Å². The molecule has 0 N–H and O–H groups in total. The first kappa shape index (κ1) is 28.7. The number of fused-ring (bicyclic) bond motifs is 2. The second-order valence-electron chi connectivity index (χ2n) is 6.59. The maximum absolute atomic E-state index is 10.3. The van der Waals surface area contributed by atoms with Crippen LogP contribution in [0.2, 0.25) is 0 Å². The molecule has 4 rings (SSSR count). The van der Waals surface area contributed by atoms with Crippen molar-refractivity contribution in [3.63, 3.8) is 0 Å². The second kappa shape index (κ2) is 14.1. The molecular weight excluding hydrogens is 575 g/mol. The molecule has 0 spiro atoms. The molecule has 2 heterocycles. The number of carboxylic acid groups (broad SMARTS) is 2. The number of rotatable bonds is 8. The first-order chi connectivity index (χ1) is 16.3. The van der Waals surface area contributed by atoms with E-state index in [2.05, 4.69) is 9.97 Å². The molecule has 35 heavy (non-hydrogen) atoms. The summed E-state index contributed by atoms with van der Waals surface area (Å²) in [5.41, 5.74) is 1.69. The van der Waals surface area contributed by atoms with Crippen molar-refractivity contribution in [2.24, 2.45) is 0 Å². The summed E-state index contributed by atoms with van der Waals surface area (Å²) >= 11 is 12.6. The topological polar surface area (TPSA) is 124 Å². The molecule has 0 aliphatic rings. The minimum Gasteiger partial charge on any atom is -0.550 e. The Labute approximate surface area is 229 Å². The number of ether oxygens (including phenoxy) is 2. The van der Waals surface area contributed by atoms with Gasteiger partial charge < -0.3 is 29.3 Å². The molecule has 1 radical (unpaired) electrons. The van der Waals surface area contributed by atoms with Crippen LogP contribution in [0.15, 0.2) is 48.5 Å². The maximum atomic E-state index is 10.3. The summed E-state index contributed by atoms with van der Waals surface area (Å²) < 4.78 is 12.6. The van der Waals surface area contributed by atoms with Gasteiger partial charge in [0.2, 0.25) is 0 Å². The summed E-state index contributed by atoms with van der Waals surface area (Å²) in [6.45, 7) is 0. The third kappa shape index (κ3) is 9.55. The van der Waals surface area contributed by atoms with E-state index in [1.165, 1.54) is 22.7 Å². The summed E-state index contributed by atoms with van der Waals surface area (Å²) in [6, 6.07) is 15.2. The number of thiazole rings is 2. The Balaban J connectivity index is 0.000000240. The third-order valence-electron chi connectivity index (χ3n) is 4.02. The summed E-state index contributed by atoms with van der Waals surface area (Å²) in [4.78, 5) is 29.0. The molecule has 183 valence electrons. The molecule has 0 unspecified atom stereocenters. The number of hydrogen-bond acceptors (Lipinski definition) is 12. The average Bonchev–Trinajstić information content (AvgIpc) is 3.39. The molecular formula is C22H16CoN2O6S4. The minimum atomic E-state index is -1.14. The van der Waals surface area contributed by atoms with E-state index in [1.54, 1.807) is 0 Å². The Morgan fingerprint density at radius 3 is 1.43 bits per heavy atom. The molecule has 2 aromatic carbocycles. The standard InChI is InChI=1S/2C11H9NO3S2.Co/c2*13-9(14)5-6-10(16)15-11-12-7-3-1-2-4-8(7)17-11;/h2*1-4H,5-6H2,(H,13,14);/q;;+2/p-2. The van der Waals surface area contributed by atoms with Crippen molar-refractivity contribution in [2.45, 2.75) is 25.7 Å². The van der Waals surface area contributed by atoms with Gasteiger partial charge in [0.25, 0.3) is 10.4 Å². The second-order valence-corrected chi connectivity index (χ2v) is 9.48. The first-order valence-corrected chi connectivity index (χ1v) is 12.3. The molecule has 0 amide bonds. The maximum Gasteiger partial charge on any atom is 2.00 e. The number of aliphatic carboxylic acids is 2. The van der Waals surface area contributed by atoms with E-state index in [0.29, 0.717) is 10.4 Å². The van der Waals surface area contributed by atoms with Crippen molar-refractivity contribution in [2.75, 3.05) is 0 Å². The molecule has 0 atom stereocenters. The van der Waals surface area contributed by atoms with Gasteiger partial charge in [-0.05, 0) is 61.5 Å². The van der Waals surface area contributed by atoms with Crippen LogP contribution < -0.4 is 19.7 Å². The van der Waals surface area contributed by atoms with Crippen molar-refractivity contribution >= 4 is 89.6 Å². The summed E-state index contributed by atoms with van der Waals surface area (Å²) in [5.74, 6) is -2.28. The fourth-order valence-corrected chi connectivity index (χ4v) is 4.64. The van der Waals surface area contributed by atoms with E-state index in [0.717, 1.165) is 20.4 Å². The van der Waals surface area contributed by atoms with Crippen LogP contribution in [-0.4, -0.2) is 32.0 Å². The number of nitrogens with zero attached hydrogens (tertiary/aromatic N) is 2. The van der Waals surface area contributed by atoms with Gasteiger partial charge in [0, 0.05) is 24.8 Å². The van der Waals surface area contributed by atoms with Gasteiger partial charge in [-0.25, -0.2) is 9.97 Å². The van der Waals surface area contributed by atoms with Crippen molar-refractivity contribution in [1.29, 1.82) is 0 Å². The Bertz CT molecular complexity index is 1170. The molecule has 0 bridgehead atoms. The van der Waals surface area contributed by atoms with Crippen molar-refractivity contribution in [3.8, 4) is 10.4 Å². The van der Waals surface area contributed by atoms with Crippen LogP contribution in [0.3, 0.4) is 0 Å².